The molecule has 0 amide bonds. The highest BCUT2D eigenvalue weighted by molar-refractivity contribution is 9.09. The second-order valence-electron chi connectivity index (χ2n) is 2.84. The predicted octanol–water partition coefficient (Wildman–Crippen LogP) is 2.36. The Labute approximate surface area is 85.7 Å². The quantitative estimate of drug-likeness (QED) is 0.761. The zero-order valence-corrected chi connectivity index (χ0v) is 9.73. The van der Waals surface area contributed by atoms with Crippen molar-refractivity contribution >= 4 is 27.3 Å². The molecule has 0 saturated carbocycles. The summed E-state index contributed by atoms with van der Waals surface area (Å²) in [5.41, 5.74) is 0. The van der Waals surface area contributed by atoms with Crippen molar-refractivity contribution in [2.24, 2.45) is 0 Å². The standard InChI is InChI=1S/C8H13BrN2S/c1-7(5-9)11(2)6-8-10-3-4-12-8/h3-4,7H,5-6H2,1-2H3. The molecule has 0 aliphatic rings. The maximum Gasteiger partial charge on any atom is 0.107 e. The molecule has 1 aromatic heterocycles. The highest BCUT2D eigenvalue weighted by Gasteiger charge is 2.08. The van der Waals surface area contributed by atoms with Crippen LogP contribution in [0.3, 0.4) is 0 Å². The fourth-order valence-electron chi connectivity index (χ4n) is 0.818. The summed E-state index contributed by atoms with van der Waals surface area (Å²) in [6.45, 7) is 3.15. The molecule has 12 heavy (non-hydrogen) atoms. The lowest BCUT2D eigenvalue weighted by Gasteiger charge is -2.21. The first kappa shape index (κ1) is 10.2. The van der Waals surface area contributed by atoms with E-state index in [1.165, 1.54) is 5.01 Å². The Morgan fingerprint density at radius 3 is 3.00 bits per heavy atom. The third kappa shape index (κ3) is 2.84. The summed E-state index contributed by atoms with van der Waals surface area (Å²) >= 11 is 5.17. The first-order valence-corrected chi connectivity index (χ1v) is 5.88. The topological polar surface area (TPSA) is 16.1 Å². The summed E-state index contributed by atoms with van der Waals surface area (Å²) in [5, 5.41) is 4.21. The summed E-state index contributed by atoms with van der Waals surface area (Å²) in [4.78, 5) is 6.52. The number of hydrogen-bond acceptors (Lipinski definition) is 3. The Hall–Kier alpha value is 0.0700. The molecule has 0 aromatic carbocycles. The number of aromatic nitrogens is 1. The highest BCUT2D eigenvalue weighted by atomic mass is 79.9. The van der Waals surface area contributed by atoms with Gasteiger partial charge in [-0.1, -0.05) is 15.9 Å². The summed E-state index contributed by atoms with van der Waals surface area (Å²) < 4.78 is 0. The van der Waals surface area contributed by atoms with Gasteiger partial charge in [0.2, 0.25) is 0 Å². The Kier molecular flexibility index (Phi) is 4.18. The molecule has 0 bridgehead atoms. The summed E-state index contributed by atoms with van der Waals surface area (Å²) in [6.07, 6.45) is 1.85. The SMILES string of the molecule is CC(CBr)N(C)Cc1nccs1. The molecule has 2 nitrogen and oxygen atoms in total. The maximum atomic E-state index is 4.23. The third-order valence-corrected chi connectivity index (χ3v) is 3.55. The second kappa shape index (κ2) is 4.94. The highest BCUT2D eigenvalue weighted by Crippen LogP contribution is 2.09. The molecule has 0 aliphatic carbocycles. The monoisotopic (exact) mass is 248 g/mol. The largest absolute Gasteiger partial charge is 0.296 e. The molecule has 1 unspecified atom stereocenters. The van der Waals surface area contributed by atoms with Crippen LogP contribution >= 0.6 is 27.3 Å². The van der Waals surface area contributed by atoms with E-state index in [-0.39, 0.29) is 0 Å². The first-order chi connectivity index (χ1) is 5.74. The van der Waals surface area contributed by atoms with Crippen LogP contribution in [-0.4, -0.2) is 28.3 Å². The Morgan fingerprint density at radius 1 is 1.75 bits per heavy atom. The van der Waals surface area contributed by atoms with Gasteiger partial charge in [0.25, 0.3) is 0 Å². The van der Waals surface area contributed by atoms with Gasteiger partial charge < -0.3 is 0 Å². The van der Waals surface area contributed by atoms with Crippen LogP contribution in [0.5, 0.6) is 0 Å². The zero-order chi connectivity index (χ0) is 8.97. The van der Waals surface area contributed by atoms with Crippen molar-refractivity contribution in [3.05, 3.63) is 16.6 Å². The smallest absolute Gasteiger partial charge is 0.107 e. The predicted molar refractivity (Wildman–Crippen MR) is 56.8 cm³/mol. The molecule has 0 saturated heterocycles. The van der Waals surface area contributed by atoms with Crippen LogP contribution in [0.25, 0.3) is 0 Å². The minimum atomic E-state index is 0.564. The Bertz CT molecular complexity index is 213. The molecule has 1 rings (SSSR count). The van der Waals surface area contributed by atoms with E-state index in [0.29, 0.717) is 6.04 Å². The van der Waals surface area contributed by atoms with Gasteiger partial charge in [0.05, 0.1) is 6.54 Å². The van der Waals surface area contributed by atoms with Crippen LogP contribution in [0.15, 0.2) is 11.6 Å². The van der Waals surface area contributed by atoms with Crippen LogP contribution in [0.2, 0.25) is 0 Å². The van der Waals surface area contributed by atoms with E-state index in [2.05, 4.69) is 39.8 Å². The Morgan fingerprint density at radius 2 is 2.50 bits per heavy atom. The minimum absolute atomic E-state index is 0.564. The van der Waals surface area contributed by atoms with E-state index in [9.17, 15) is 0 Å². The van der Waals surface area contributed by atoms with Gasteiger partial charge in [-0.15, -0.1) is 11.3 Å². The molecule has 1 aromatic rings. The minimum Gasteiger partial charge on any atom is -0.296 e. The summed E-state index contributed by atoms with van der Waals surface area (Å²) in [6, 6.07) is 0.564. The second-order valence-corrected chi connectivity index (χ2v) is 4.47. The van der Waals surface area contributed by atoms with Gasteiger partial charge in [-0.3, -0.25) is 4.90 Å². The van der Waals surface area contributed by atoms with E-state index in [1.54, 1.807) is 11.3 Å². The number of rotatable bonds is 4. The molecule has 4 heteroatoms. The normalized spacial score (nSPS) is 13.7. The molecular weight excluding hydrogens is 236 g/mol. The van der Waals surface area contributed by atoms with Gasteiger partial charge in [-0.05, 0) is 14.0 Å². The lowest BCUT2D eigenvalue weighted by Crippen LogP contribution is -2.29. The molecule has 0 spiro atoms. The van der Waals surface area contributed by atoms with Crippen LogP contribution < -0.4 is 0 Å². The lowest BCUT2D eigenvalue weighted by atomic mass is 10.3. The van der Waals surface area contributed by atoms with Crippen molar-refractivity contribution in [3.8, 4) is 0 Å². The van der Waals surface area contributed by atoms with Crippen LogP contribution in [0, 0.1) is 0 Å². The van der Waals surface area contributed by atoms with Crippen molar-refractivity contribution < 1.29 is 0 Å². The van der Waals surface area contributed by atoms with Crippen LogP contribution in [0.1, 0.15) is 11.9 Å². The fourth-order valence-corrected chi connectivity index (χ4v) is 1.99. The number of nitrogens with zero attached hydrogens (tertiary/aromatic N) is 2. The van der Waals surface area contributed by atoms with Gasteiger partial charge in [0.15, 0.2) is 0 Å². The molecule has 0 radical (unpaired) electrons. The van der Waals surface area contributed by atoms with Crippen molar-refractivity contribution in [2.45, 2.75) is 19.5 Å². The van der Waals surface area contributed by atoms with E-state index in [1.807, 2.05) is 11.6 Å². The van der Waals surface area contributed by atoms with Crippen LogP contribution in [-0.2, 0) is 6.54 Å². The average Bonchev–Trinajstić information content (AvgIpc) is 2.55. The van der Waals surface area contributed by atoms with Gasteiger partial charge in [-0.2, -0.15) is 0 Å². The van der Waals surface area contributed by atoms with Gasteiger partial charge in [0.1, 0.15) is 5.01 Å². The zero-order valence-electron chi connectivity index (χ0n) is 7.33. The van der Waals surface area contributed by atoms with Crippen molar-refractivity contribution in [2.75, 3.05) is 12.4 Å². The van der Waals surface area contributed by atoms with E-state index in [4.69, 9.17) is 0 Å². The molecule has 1 atom stereocenters. The molecule has 68 valence electrons. The number of halogens is 1. The molecule has 1 heterocycles. The van der Waals surface area contributed by atoms with E-state index in [0.717, 1.165) is 11.9 Å². The molecule has 0 fully saturated rings. The van der Waals surface area contributed by atoms with Crippen molar-refractivity contribution in [1.82, 2.24) is 9.88 Å². The van der Waals surface area contributed by atoms with Gasteiger partial charge in [-0.25, -0.2) is 4.98 Å². The van der Waals surface area contributed by atoms with E-state index >= 15 is 0 Å². The molecule has 0 N–H and O–H groups in total. The number of thiazole rings is 1. The van der Waals surface area contributed by atoms with E-state index < -0.39 is 0 Å². The number of hydrogen-bond donors (Lipinski definition) is 0. The lowest BCUT2D eigenvalue weighted by molar-refractivity contribution is 0.270. The summed E-state index contributed by atoms with van der Waals surface area (Å²) in [5.74, 6) is 0. The average molecular weight is 249 g/mol. The maximum absolute atomic E-state index is 4.23. The van der Waals surface area contributed by atoms with Gasteiger partial charge >= 0.3 is 0 Å². The van der Waals surface area contributed by atoms with Crippen LogP contribution in [0.4, 0.5) is 0 Å². The summed E-state index contributed by atoms with van der Waals surface area (Å²) in [7, 11) is 2.12. The number of alkyl halides is 1. The molecule has 0 aliphatic heterocycles. The fraction of sp³-hybridized carbons (Fsp3) is 0.625. The molecular formula is C8H13BrN2S. The van der Waals surface area contributed by atoms with Gasteiger partial charge in [0, 0.05) is 22.9 Å². The van der Waals surface area contributed by atoms with Crippen molar-refractivity contribution in [3.63, 3.8) is 0 Å². The first-order valence-electron chi connectivity index (χ1n) is 3.88. The van der Waals surface area contributed by atoms with Crippen molar-refractivity contribution in [1.29, 1.82) is 0 Å². The Balaban J connectivity index is 2.41. The third-order valence-electron chi connectivity index (χ3n) is 1.84.